The van der Waals surface area contributed by atoms with Crippen LogP contribution in [-0.4, -0.2) is 33.2 Å². The van der Waals surface area contributed by atoms with Gasteiger partial charge in [0.05, 0.1) is 18.8 Å². The van der Waals surface area contributed by atoms with E-state index in [1.807, 2.05) is 0 Å². The molecule has 0 aliphatic rings. The average molecular weight is 283 g/mol. The number of carbonyl (C=O) groups is 1. The number of halogens is 2. The molecule has 0 atom stereocenters. The predicted octanol–water partition coefficient (Wildman–Crippen LogP) is 1.45. The first kappa shape index (κ1) is 14.1. The second-order valence-electron chi connectivity index (χ2n) is 4.02. The van der Waals surface area contributed by atoms with Gasteiger partial charge in [-0.1, -0.05) is 11.3 Å². The average Bonchev–Trinajstić information content (AvgIpc) is 2.77. The predicted molar refractivity (Wildman–Crippen MR) is 63.2 cm³/mol. The van der Waals surface area contributed by atoms with Crippen LogP contribution in [0.2, 0.25) is 0 Å². The number of ether oxygens (including phenoxy) is 1. The minimum absolute atomic E-state index is 0.0303. The Morgan fingerprint density at radius 2 is 2.20 bits per heavy atom. The highest BCUT2D eigenvalue weighted by Crippen LogP contribution is 2.14. The van der Waals surface area contributed by atoms with Gasteiger partial charge in [-0.2, -0.15) is 0 Å². The van der Waals surface area contributed by atoms with E-state index in [1.165, 1.54) is 17.9 Å². The van der Waals surface area contributed by atoms with Gasteiger partial charge in [-0.3, -0.25) is 0 Å². The van der Waals surface area contributed by atoms with Gasteiger partial charge in [-0.25, -0.2) is 18.3 Å². The van der Waals surface area contributed by atoms with E-state index in [4.69, 9.17) is 9.84 Å². The maximum Gasteiger partial charge on any atom is 0.358 e. The third-order valence-electron chi connectivity index (χ3n) is 2.66. The first-order chi connectivity index (χ1) is 9.52. The van der Waals surface area contributed by atoms with Crippen LogP contribution < -0.4 is 0 Å². The van der Waals surface area contributed by atoms with Gasteiger partial charge < -0.3 is 9.84 Å². The summed E-state index contributed by atoms with van der Waals surface area (Å²) in [6.45, 7) is -0.0947. The Bertz CT molecular complexity index is 643. The molecule has 1 aromatic heterocycles. The lowest BCUT2D eigenvalue weighted by atomic mass is 10.2. The van der Waals surface area contributed by atoms with E-state index in [9.17, 15) is 13.6 Å². The fourth-order valence-electron chi connectivity index (χ4n) is 1.72. The van der Waals surface area contributed by atoms with Gasteiger partial charge >= 0.3 is 5.97 Å². The number of rotatable bonds is 5. The van der Waals surface area contributed by atoms with Crippen molar-refractivity contribution in [1.82, 2.24) is 15.0 Å². The summed E-state index contributed by atoms with van der Waals surface area (Å²) in [5, 5.41) is 16.1. The summed E-state index contributed by atoms with van der Waals surface area (Å²) >= 11 is 0. The number of aromatic nitrogens is 3. The summed E-state index contributed by atoms with van der Waals surface area (Å²) in [7, 11) is 1.39. The molecule has 2 rings (SSSR count). The summed E-state index contributed by atoms with van der Waals surface area (Å²) in [6, 6.07) is 3.13. The van der Waals surface area contributed by atoms with E-state index in [0.29, 0.717) is 0 Å². The number of benzene rings is 1. The minimum atomic E-state index is -1.25. The normalized spacial score (nSPS) is 10.8. The van der Waals surface area contributed by atoms with Crippen LogP contribution in [0.4, 0.5) is 8.78 Å². The highest BCUT2D eigenvalue weighted by atomic mass is 19.1. The Morgan fingerprint density at radius 1 is 1.45 bits per heavy atom. The maximum atomic E-state index is 13.6. The Balaban J connectivity index is 2.35. The molecule has 0 saturated carbocycles. The molecule has 1 heterocycles. The number of carboxylic acid groups (broad SMARTS) is 1. The fourth-order valence-corrected chi connectivity index (χ4v) is 1.72. The molecule has 20 heavy (non-hydrogen) atoms. The number of carboxylic acids is 1. The summed E-state index contributed by atoms with van der Waals surface area (Å²) < 4.78 is 32.5. The molecule has 6 nitrogen and oxygen atoms in total. The summed E-state index contributed by atoms with van der Waals surface area (Å²) in [6.07, 6.45) is 0. The molecule has 0 aliphatic carbocycles. The molecular weight excluding hydrogens is 272 g/mol. The number of aromatic carboxylic acids is 1. The second-order valence-corrected chi connectivity index (χ2v) is 4.02. The van der Waals surface area contributed by atoms with Crippen LogP contribution in [0.25, 0.3) is 0 Å². The van der Waals surface area contributed by atoms with Crippen molar-refractivity contribution in [2.75, 3.05) is 7.11 Å². The van der Waals surface area contributed by atoms with Gasteiger partial charge in [-0.05, 0) is 6.07 Å². The zero-order valence-electron chi connectivity index (χ0n) is 10.5. The van der Waals surface area contributed by atoms with E-state index in [0.717, 1.165) is 12.1 Å². The first-order valence-corrected chi connectivity index (χ1v) is 5.61. The number of hydrogen-bond acceptors (Lipinski definition) is 4. The zero-order valence-corrected chi connectivity index (χ0v) is 10.5. The molecule has 0 bridgehead atoms. The standard InChI is InChI=1S/C12H11F2N3O3/c1-20-6-10-11(12(18)19)15-16-17(10)5-7-2-3-8(13)4-9(7)14/h2-4H,5-6H2,1H3,(H,18,19). The van der Waals surface area contributed by atoms with Gasteiger partial charge in [0.25, 0.3) is 0 Å². The van der Waals surface area contributed by atoms with Crippen molar-refractivity contribution in [1.29, 1.82) is 0 Å². The molecular formula is C12H11F2N3O3. The Labute approximate surface area is 112 Å². The lowest BCUT2D eigenvalue weighted by Gasteiger charge is -2.07. The molecule has 0 amide bonds. The van der Waals surface area contributed by atoms with Crippen LogP contribution in [0.1, 0.15) is 21.7 Å². The van der Waals surface area contributed by atoms with E-state index < -0.39 is 17.6 Å². The fraction of sp³-hybridized carbons (Fsp3) is 0.250. The van der Waals surface area contributed by atoms with Crippen molar-refractivity contribution in [2.45, 2.75) is 13.2 Å². The van der Waals surface area contributed by atoms with Crippen LogP contribution in [0, 0.1) is 11.6 Å². The topological polar surface area (TPSA) is 77.2 Å². The highest BCUT2D eigenvalue weighted by Gasteiger charge is 2.19. The molecule has 1 aromatic carbocycles. The third-order valence-corrected chi connectivity index (χ3v) is 2.66. The van der Waals surface area contributed by atoms with Gasteiger partial charge in [-0.15, -0.1) is 5.10 Å². The molecule has 0 saturated heterocycles. The summed E-state index contributed by atoms with van der Waals surface area (Å²) in [4.78, 5) is 11.0. The van der Waals surface area contributed by atoms with Crippen LogP contribution in [-0.2, 0) is 17.9 Å². The molecule has 0 unspecified atom stereocenters. The number of hydrogen-bond donors (Lipinski definition) is 1. The second kappa shape index (κ2) is 5.74. The molecule has 0 radical (unpaired) electrons. The van der Waals surface area contributed by atoms with Gasteiger partial charge in [0.2, 0.25) is 0 Å². The van der Waals surface area contributed by atoms with Gasteiger partial charge in [0, 0.05) is 18.7 Å². The molecule has 0 aliphatic heterocycles. The molecule has 106 valence electrons. The maximum absolute atomic E-state index is 13.6. The monoisotopic (exact) mass is 283 g/mol. The lowest BCUT2D eigenvalue weighted by Crippen LogP contribution is -2.11. The first-order valence-electron chi connectivity index (χ1n) is 5.61. The lowest BCUT2D eigenvalue weighted by molar-refractivity contribution is 0.0684. The molecule has 0 spiro atoms. The van der Waals surface area contributed by atoms with Crippen LogP contribution in [0.5, 0.6) is 0 Å². The van der Waals surface area contributed by atoms with Crippen molar-refractivity contribution in [3.63, 3.8) is 0 Å². The van der Waals surface area contributed by atoms with E-state index in [-0.39, 0.29) is 30.1 Å². The Morgan fingerprint density at radius 3 is 2.80 bits per heavy atom. The largest absolute Gasteiger partial charge is 0.476 e. The highest BCUT2D eigenvalue weighted by molar-refractivity contribution is 5.86. The van der Waals surface area contributed by atoms with Crippen molar-refractivity contribution < 1.29 is 23.4 Å². The van der Waals surface area contributed by atoms with Crippen molar-refractivity contribution in [3.8, 4) is 0 Å². The van der Waals surface area contributed by atoms with Crippen molar-refractivity contribution in [2.24, 2.45) is 0 Å². The van der Waals surface area contributed by atoms with Crippen molar-refractivity contribution >= 4 is 5.97 Å². The van der Waals surface area contributed by atoms with Crippen LogP contribution in [0.15, 0.2) is 18.2 Å². The minimum Gasteiger partial charge on any atom is -0.476 e. The third kappa shape index (κ3) is 2.80. The Kier molecular flexibility index (Phi) is 4.04. The SMILES string of the molecule is COCc1c(C(=O)O)nnn1Cc1ccc(F)cc1F. The number of nitrogens with zero attached hydrogens (tertiary/aromatic N) is 3. The van der Waals surface area contributed by atoms with Crippen LogP contribution >= 0.6 is 0 Å². The molecule has 0 fully saturated rings. The van der Waals surface area contributed by atoms with Gasteiger partial charge in [0.1, 0.15) is 11.6 Å². The zero-order chi connectivity index (χ0) is 14.7. The molecule has 1 N–H and O–H groups in total. The molecule has 2 aromatic rings. The summed E-state index contributed by atoms with van der Waals surface area (Å²) in [5.41, 5.74) is 0.128. The van der Waals surface area contributed by atoms with Crippen LogP contribution in [0.3, 0.4) is 0 Å². The van der Waals surface area contributed by atoms with Gasteiger partial charge in [0.15, 0.2) is 5.69 Å². The van der Waals surface area contributed by atoms with E-state index >= 15 is 0 Å². The van der Waals surface area contributed by atoms with E-state index in [1.54, 1.807) is 0 Å². The summed E-state index contributed by atoms with van der Waals surface area (Å²) in [5.74, 6) is -2.67. The van der Waals surface area contributed by atoms with Crippen molar-refractivity contribution in [3.05, 3.63) is 46.8 Å². The Hall–Kier alpha value is -2.35. The smallest absolute Gasteiger partial charge is 0.358 e. The van der Waals surface area contributed by atoms with E-state index in [2.05, 4.69) is 10.3 Å². The quantitative estimate of drug-likeness (QED) is 0.898. The molecule has 8 heteroatoms. The number of methoxy groups -OCH3 is 1.